The van der Waals surface area contributed by atoms with Gasteiger partial charge in [-0.15, -0.1) is 0 Å². The van der Waals surface area contributed by atoms with Crippen LogP contribution in [0.2, 0.25) is 0 Å². The molecule has 21 heavy (non-hydrogen) atoms. The van der Waals surface area contributed by atoms with Crippen molar-refractivity contribution in [2.75, 3.05) is 19.7 Å². The second kappa shape index (κ2) is 6.62. The van der Waals surface area contributed by atoms with E-state index in [1.807, 2.05) is 30.0 Å². The van der Waals surface area contributed by atoms with Crippen LogP contribution in [-0.4, -0.2) is 30.5 Å². The third-order valence-corrected chi connectivity index (χ3v) is 3.98. The molecule has 2 rings (SSSR count). The minimum atomic E-state index is -0.289. The number of amides is 1. The number of hydrogen-bond donors (Lipinski definition) is 0. The molecule has 0 unspecified atom stereocenters. The number of hydrogen-bond acceptors (Lipinski definition) is 3. The normalized spacial score (nSPS) is 17.1. The van der Waals surface area contributed by atoms with E-state index in [4.69, 9.17) is 10.00 Å². The summed E-state index contributed by atoms with van der Waals surface area (Å²) in [5.74, 6) is 0.763. The zero-order chi connectivity index (χ0) is 15.3. The Hall–Kier alpha value is -2.02. The summed E-state index contributed by atoms with van der Waals surface area (Å²) in [5.41, 5.74) is 0.368. The van der Waals surface area contributed by atoms with Gasteiger partial charge in [0, 0.05) is 18.7 Å². The highest BCUT2D eigenvalue weighted by Crippen LogP contribution is 2.30. The van der Waals surface area contributed by atoms with E-state index in [1.165, 1.54) is 0 Å². The molecule has 0 aliphatic carbocycles. The molecule has 1 amide bonds. The van der Waals surface area contributed by atoms with Crippen LogP contribution in [0.1, 0.15) is 43.5 Å². The largest absolute Gasteiger partial charge is 0.494 e. The van der Waals surface area contributed by atoms with Gasteiger partial charge in [-0.25, -0.2) is 0 Å². The molecule has 0 atom stereocenters. The number of benzene rings is 1. The summed E-state index contributed by atoms with van der Waals surface area (Å²) in [6.07, 6.45) is 2.42. The third kappa shape index (κ3) is 3.75. The lowest BCUT2D eigenvalue weighted by atomic mass is 9.82. The van der Waals surface area contributed by atoms with Crippen molar-refractivity contribution in [2.24, 2.45) is 5.41 Å². The van der Waals surface area contributed by atoms with Crippen molar-refractivity contribution in [3.8, 4) is 11.8 Å². The van der Waals surface area contributed by atoms with Gasteiger partial charge in [0.2, 0.25) is 0 Å². The Balaban J connectivity index is 2.02. The van der Waals surface area contributed by atoms with E-state index in [9.17, 15) is 4.79 Å². The number of carbonyl (C=O) groups is 1. The van der Waals surface area contributed by atoms with Crippen LogP contribution in [0, 0.1) is 16.7 Å². The van der Waals surface area contributed by atoms with E-state index < -0.39 is 0 Å². The summed E-state index contributed by atoms with van der Waals surface area (Å²) in [4.78, 5) is 14.3. The molecule has 0 radical (unpaired) electrons. The Labute approximate surface area is 126 Å². The summed E-state index contributed by atoms with van der Waals surface area (Å²) in [5, 5.41) is 9.14. The number of likely N-dealkylation sites (tertiary alicyclic amines) is 1. The fourth-order valence-electron chi connectivity index (χ4n) is 2.44. The minimum absolute atomic E-state index is 0.0249. The van der Waals surface area contributed by atoms with Crippen LogP contribution in [0.4, 0.5) is 0 Å². The first-order valence-corrected chi connectivity index (χ1v) is 7.51. The molecule has 0 spiro atoms. The molecule has 1 aromatic rings. The SMILES string of the molecule is CCCOc1cccc(C(=O)N2CCC(C)(C#N)CC2)c1. The van der Waals surface area contributed by atoms with E-state index in [1.54, 1.807) is 6.07 Å². The van der Waals surface area contributed by atoms with Gasteiger partial charge in [0.1, 0.15) is 5.75 Å². The molecule has 0 N–H and O–H groups in total. The average molecular weight is 286 g/mol. The number of ether oxygens (including phenoxy) is 1. The molecule has 4 nitrogen and oxygen atoms in total. The van der Waals surface area contributed by atoms with Crippen molar-refractivity contribution in [1.29, 1.82) is 5.26 Å². The van der Waals surface area contributed by atoms with Gasteiger partial charge in [0.25, 0.3) is 5.91 Å². The van der Waals surface area contributed by atoms with E-state index in [2.05, 4.69) is 13.0 Å². The van der Waals surface area contributed by atoms with Gasteiger partial charge < -0.3 is 9.64 Å². The van der Waals surface area contributed by atoms with Crippen LogP contribution in [0.5, 0.6) is 5.75 Å². The molecular weight excluding hydrogens is 264 g/mol. The lowest BCUT2D eigenvalue weighted by Crippen LogP contribution is -2.41. The highest BCUT2D eigenvalue weighted by molar-refractivity contribution is 5.94. The molecule has 4 heteroatoms. The first-order valence-electron chi connectivity index (χ1n) is 7.51. The standard InChI is InChI=1S/C17H22N2O2/c1-3-11-21-15-6-4-5-14(12-15)16(20)19-9-7-17(2,13-18)8-10-19/h4-6,12H,3,7-11H2,1-2H3. The first kappa shape index (κ1) is 15.4. The Bertz CT molecular complexity index is 540. The molecule has 0 aromatic heterocycles. The molecule has 0 bridgehead atoms. The third-order valence-electron chi connectivity index (χ3n) is 3.98. The van der Waals surface area contributed by atoms with Gasteiger partial charge in [0.05, 0.1) is 18.1 Å². The Morgan fingerprint density at radius 2 is 2.14 bits per heavy atom. The number of piperidine rings is 1. The predicted molar refractivity (Wildman–Crippen MR) is 81.1 cm³/mol. The Morgan fingerprint density at radius 1 is 1.43 bits per heavy atom. The van der Waals surface area contributed by atoms with E-state index in [-0.39, 0.29) is 11.3 Å². The number of nitriles is 1. The number of rotatable bonds is 4. The highest BCUT2D eigenvalue weighted by atomic mass is 16.5. The van der Waals surface area contributed by atoms with Crippen LogP contribution in [0.15, 0.2) is 24.3 Å². The minimum Gasteiger partial charge on any atom is -0.494 e. The second-order valence-electron chi connectivity index (χ2n) is 5.84. The summed E-state index contributed by atoms with van der Waals surface area (Å²) in [6, 6.07) is 9.69. The fourth-order valence-corrected chi connectivity index (χ4v) is 2.44. The van der Waals surface area contributed by atoms with Crippen molar-refractivity contribution in [2.45, 2.75) is 33.1 Å². The topological polar surface area (TPSA) is 53.3 Å². The molecule has 1 fully saturated rings. The van der Waals surface area contributed by atoms with Crippen LogP contribution in [0.3, 0.4) is 0 Å². The van der Waals surface area contributed by atoms with Gasteiger partial charge in [0.15, 0.2) is 0 Å². The Kier molecular flexibility index (Phi) is 4.85. The van der Waals surface area contributed by atoms with Crippen molar-refractivity contribution in [3.63, 3.8) is 0 Å². The van der Waals surface area contributed by atoms with Crippen LogP contribution in [-0.2, 0) is 0 Å². The molecule has 1 aliphatic rings. The molecule has 1 saturated heterocycles. The van der Waals surface area contributed by atoms with Crippen molar-refractivity contribution < 1.29 is 9.53 Å². The predicted octanol–water partition coefficient (Wildman–Crippen LogP) is 3.24. The summed E-state index contributed by atoms with van der Waals surface area (Å²) < 4.78 is 5.57. The zero-order valence-corrected chi connectivity index (χ0v) is 12.8. The Morgan fingerprint density at radius 3 is 2.76 bits per heavy atom. The summed E-state index contributed by atoms with van der Waals surface area (Å²) in [7, 11) is 0. The van der Waals surface area contributed by atoms with Gasteiger partial charge >= 0.3 is 0 Å². The van der Waals surface area contributed by atoms with Gasteiger partial charge in [-0.2, -0.15) is 5.26 Å². The van der Waals surface area contributed by atoms with Crippen molar-refractivity contribution in [1.82, 2.24) is 4.90 Å². The molecular formula is C17H22N2O2. The van der Waals surface area contributed by atoms with Crippen molar-refractivity contribution >= 4 is 5.91 Å². The molecule has 112 valence electrons. The van der Waals surface area contributed by atoms with Gasteiger partial charge in [-0.3, -0.25) is 4.79 Å². The van der Waals surface area contributed by atoms with Crippen LogP contribution < -0.4 is 4.74 Å². The van der Waals surface area contributed by atoms with Gasteiger partial charge in [-0.05, 0) is 44.4 Å². The maximum atomic E-state index is 12.5. The maximum absolute atomic E-state index is 12.5. The second-order valence-corrected chi connectivity index (χ2v) is 5.84. The van der Waals surface area contributed by atoms with E-state index >= 15 is 0 Å². The molecule has 0 saturated carbocycles. The quantitative estimate of drug-likeness (QED) is 0.853. The smallest absolute Gasteiger partial charge is 0.253 e. The fraction of sp³-hybridized carbons (Fsp3) is 0.529. The van der Waals surface area contributed by atoms with E-state index in [0.717, 1.165) is 25.0 Å². The summed E-state index contributed by atoms with van der Waals surface area (Å²) in [6.45, 7) is 5.96. The van der Waals surface area contributed by atoms with Crippen LogP contribution in [0.25, 0.3) is 0 Å². The molecule has 1 heterocycles. The highest BCUT2D eigenvalue weighted by Gasteiger charge is 2.32. The zero-order valence-electron chi connectivity index (χ0n) is 12.8. The summed E-state index contributed by atoms with van der Waals surface area (Å²) >= 11 is 0. The molecule has 1 aliphatic heterocycles. The monoisotopic (exact) mass is 286 g/mol. The number of nitrogens with zero attached hydrogens (tertiary/aromatic N) is 2. The van der Waals surface area contributed by atoms with Crippen molar-refractivity contribution in [3.05, 3.63) is 29.8 Å². The average Bonchev–Trinajstić information content (AvgIpc) is 2.53. The van der Waals surface area contributed by atoms with Gasteiger partial charge in [-0.1, -0.05) is 13.0 Å². The lowest BCUT2D eigenvalue weighted by molar-refractivity contribution is 0.0661. The van der Waals surface area contributed by atoms with Crippen LogP contribution >= 0.6 is 0 Å². The first-order chi connectivity index (χ1) is 10.1. The lowest BCUT2D eigenvalue weighted by Gasteiger charge is -2.35. The number of carbonyl (C=O) groups excluding carboxylic acids is 1. The maximum Gasteiger partial charge on any atom is 0.253 e. The van der Waals surface area contributed by atoms with E-state index in [0.29, 0.717) is 25.3 Å². The molecule has 1 aromatic carbocycles.